The van der Waals surface area contributed by atoms with E-state index < -0.39 is 0 Å². The molecule has 0 saturated heterocycles. The first-order chi connectivity index (χ1) is 7.31. The zero-order valence-corrected chi connectivity index (χ0v) is 12.1. The van der Waals surface area contributed by atoms with Gasteiger partial charge in [-0.05, 0) is 23.8 Å². The third kappa shape index (κ3) is 2.94. The smallest absolute Gasteiger partial charge is 0.0484 e. The minimum absolute atomic E-state index is 0. The fourth-order valence-corrected chi connectivity index (χ4v) is 1.82. The van der Waals surface area contributed by atoms with Gasteiger partial charge >= 0.3 is 0 Å². The molecule has 16 heavy (non-hydrogen) atoms. The number of halogens is 1. The summed E-state index contributed by atoms with van der Waals surface area (Å²) in [6.07, 6.45) is 4.21. The predicted octanol–water partition coefficient (Wildman–Crippen LogP) is 4.44. The molecule has 1 aromatic carbocycles. The van der Waals surface area contributed by atoms with Crippen molar-refractivity contribution in [3.8, 4) is 0 Å². The Labute approximate surface area is 114 Å². The molecule has 0 fully saturated rings. The summed E-state index contributed by atoms with van der Waals surface area (Å²) in [5.74, 6) is 0.711. The van der Waals surface area contributed by atoms with E-state index in [-0.39, 0.29) is 24.0 Å². The van der Waals surface area contributed by atoms with Crippen LogP contribution in [-0.4, -0.2) is 4.98 Å². The minimum Gasteiger partial charge on any atom is -0.261 e. The fourth-order valence-electron chi connectivity index (χ4n) is 1.82. The Morgan fingerprint density at radius 2 is 1.94 bits per heavy atom. The van der Waals surface area contributed by atoms with Gasteiger partial charge in [0, 0.05) is 17.3 Å². The van der Waals surface area contributed by atoms with Gasteiger partial charge in [0.2, 0.25) is 0 Å². The van der Waals surface area contributed by atoms with Crippen molar-refractivity contribution in [2.45, 2.75) is 26.7 Å². The highest BCUT2D eigenvalue weighted by atomic mass is 127. The first-order valence-electron chi connectivity index (χ1n) is 5.64. The highest BCUT2D eigenvalue weighted by molar-refractivity contribution is 14.0. The zero-order chi connectivity index (χ0) is 10.7. The molecule has 1 nitrogen and oxygen atoms in total. The van der Waals surface area contributed by atoms with Crippen molar-refractivity contribution in [1.29, 1.82) is 0 Å². The van der Waals surface area contributed by atoms with E-state index in [1.54, 1.807) is 0 Å². The number of aromatic nitrogens is 1. The third-order valence-corrected chi connectivity index (χ3v) is 2.99. The molecular formula is C14H18IN. The first-order valence-corrected chi connectivity index (χ1v) is 5.64. The lowest BCUT2D eigenvalue weighted by atomic mass is 9.99. The SMILES string of the molecule is CCC(C)Cc1nccc2ccccc12.I. The lowest BCUT2D eigenvalue weighted by Gasteiger charge is -2.09. The van der Waals surface area contributed by atoms with Crippen LogP contribution in [0.4, 0.5) is 0 Å². The van der Waals surface area contributed by atoms with Gasteiger partial charge in [0.15, 0.2) is 0 Å². The molecule has 0 amide bonds. The fraction of sp³-hybridized carbons (Fsp3) is 0.357. The average molecular weight is 327 g/mol. The molecule has 86 valence electrons. The monoisotopic (exact) mass is 327 g/mol. The highest BCUT2D eigenvalue weighted by Crippen LogP contribution is 2.19. The molecule has 0 saturated carbocycles. The second-order valence-corrected chi connectivity index (χ2v) is 4.20. The molecule has 0 spiro atoms. The number of pyridine rings is 1. The zero-order valence-electron chi connectivity index (χ0n) is 9.81. The van der Waals surface area contributed by atoms with Gasteiger partial charge in [0.05, 0.1) is 0 Å². The standard InChI is InChI=1S/C14H17N.HI/c1-3-11(2)10-14-13-7-5-4-6-12(13)8-9-15-14;/h4-9,11H,3,10H2,1-2H3;1H. The van der Waals surface area contributed by atoms with Crippen molar-refractivity contribution in [2.24, 2.45) is 5.92 Å². The number of benzene rings is 1. The van der Waals surface area contributed by atoms with E-state index in [0.29, 0.717) is 5.92 Å². The summed E-state index contributed by atoms with van der Waals surface area (Å²) in [5.41, 5.74) is 1.24. The molecule has 0 aliphatic heterocycles. The maximum Gasteiger partial charge on any atom is 0.0484 e. The van der Waals surface area contributed by atoms with Crippen LogP contribution < -0.4 is 0 Å². The number of rotatable bonds is 3. The number of hydrogen-bond donors (Lipinski definition) is 0. The largest absolute Gasteiger partial charge is 0.261 e. The lowest BCUT2D eigenvalue weighted by molar-refractivity contribution is 0.555. The second-order valence-electron chi connectivity index (χ2n) is 4.20. The Balaban J connectivity index is 0.00000128. The van der Waals surface area contributed by atoms with Crippen molar-refractivity contribution < 1.29 is 0 Å². The van der Waals surface area contributed by atoms with E-state index in [2.05, 4.69) is 49.2 Å². The van der Waals surface area contributed by atoms with E-state index in [4.69, 9.17) is 0 Å². The van der Waals surface area contributed by atoms with Crippen LogP contribution in [0.3, 0.4) is 0 Å². The number of fused-ring (bicyclic) bond motifs is 1. The molecule has 2 rings (SSSR count). The van der Waals surface area contributed by atoms with Crippen molar-refractivity contribution in [3.05, 3.63) is 42.2 Å². The Morgan fingerprint density at radius 3 is 2.69 bits per heavy atom. The summed E-state index contributed by atoms with van der Waals surface area (Å²) >= 11 is 0. The predicted molar refractivity (Wildman–Crippen MR) is 80.3 cm³/mol. The van der Waals surface area contributed by atoms with Crippen molar-refractivity contribution in [1.82, 2.24) is 4.98 Å². The average Bonchev–Trinajstić information content (AvgIpc) is 2.29. The maximum absolute atomic E-state index is 4.49. The van der Waals surface area contributed by atoms with Crippen molar-refractivity contribution in [2.75, 3.05) is 0 Å². The van der Waals surface area contributed by atoms with Crippen molar-refractivity contribution >= 4 is 34.7 Å². The molecule has 1 unspecified atom stereocenters. The van der Waals surface area contributed by atoms with Gasteiger partial charge in [-0.25, -0.2) is 0 Å². The topological polar surface area (TPSA) is 12.9 Å². The summed E-state index contributed by atoms with van der Waals surface area (Å²) in [7, 11) is 0. The van der Waals surface area contributed by atoms with Crippen LogP contribution in [0.1, 0.15) is 26.0 Å². The van der Waals surface area contributed by atoms with Gasteiger partial charge in [-0.3, -0.25) is 4.98 Å². The van der Waals surface area contributed by atoms with Crippen LogP contribution in [0.5, 0.6) is 0 Å². The van der Waals surface area contributed by atoms with E-state index in [1.165, 1.54) is 22.9 Å². The molecule has 2 heteroatoms. The van der Waals surface area contributed by atoms with Crippen LogP contribution in [0.2, 0.25) is 0 Å². The molecule has 1 aromatic heterocycles. The van der Waals surface area contributed by atoms with Crippen LogP contribution in [-0.2, 0) is 6.42 Å². The molecule has 0 aliphatic rings. The summed E-state index contributed by atoms with van der Waals surface area (Å²) < 4.78 is 0. The van der Waals surface area contributed by atoms with Gasteiger partial charge in [-0.1, -0.05) is 44.5 Å². The van der Waals surface area contributed by atoms with Gasteiger partial charge in [-0.2, -0.15) is 0 Å². The first kappa shape index (κ1) is 13.4. The van der Waals surface area contributed by atoms with Crippen LogP contribution in [0.25, 0.3) is 10.8 Å². The highest BCUT2D eigenvalue weighted by Gasteiger charge is 2.05. The van der Waals surface area contributed by atoms with E-state index >= 15 is 0 Å². The van der Waals surface area contributed by atoms with Crippen LogP contribution in [0.15, 0.2) is 36.5 Å². The van der Waals surface area contributed by atoms with E-state index in [9.17, 15) is 0 Å². The number of nitrogens with zero attached hydrogens (tertiary/aromatic N) is 1. The van der Waals surface area contributed by atoms with E-state index in [1.807, 2.05) is 6.20 Å². The lowest BCUT2D eigenvalue weighted by Crippen LogP contribution is -2.00. The molecule has 1 atom stereocenters. The quantitative estimate of drug-likeness (QED) is 0.760. The molecule has 0 aliphatic carbocycles. The Hall–Kier alpha value is -0.640. The van der Waals surface area contributed by atoms with Gasteiger partial charge in [0.25, 0.3) is 0 Å². The van der Waals surface area contributed by atoms with Gasteiger partial charge < -0.3 is 0 Å². The Morgan fingerprint density at radius 1 is 1.19 bits per heavy atom. The summed E-state index contributed by atoms with van der Waals surface area (Å²) in [5, 5.41) is 2.60. The summed E-state index contributed by atoms with van der Waals surface area (Å²) in [6.45, 7) is 4.51. The Kier molecular flexibility index (Phi) is 5.19. The normalized spacial score (nSPS) is 12.1. The van der Waals surface area contributed by atoms with Gasteiger partial charge in [0.1, 0.15) is 0 Å². The van der Waals surface area contributed by atoms with Crippen molar-refractivity contribution in [3.63, 3.8) is 0 Å². The molecule has 0 N–H and O–H groups in total. The van der Waals surface area contributed by atoms with Crippen LogP contribution >= 0.6 is 24.0 Å². The molecule has 0 bridgehead atoms. The number of hydrogen-bond acceptors (Lipinski definition) is 1. The van der Waals surface area contributed by atoms with E-state index in [0.717, 1.165) is 6.42 Å². The third-order valence-electron chi connectivity index (χ3n) is 2.99. The molecule has 2 aromatic rings. The second kappa shape index (κ2) is 6.18. The summed E-state index contributed by atoms with van der Waals surface area (Å²) in [6, 6.07) is 10.6. The molecule has 0 radical (unpaired) electrons. The molecular weight excluding hydrogens is 309 g/mol. The van der Waals surface area contributed by atoms with Crippen LogP contribution in [0, 0.1) is 5.92 Å². The molecule has 1 heterocycles. The minimum atomic E-state index is 0. The summed E-state index contributed by atoms with van der Waals surface area (Å²) in [4.78, 5) is 4.49. The Bertz CT molecular complexity index is 448. The van der Waals surface area contributed by atoms with Gasteiger partial charge in [-0.15, -0.1) is 24.0 Å². The maximum atomic E-state index is 4.49.